The zero-order chi connectivity index (χ0) is 19.5. The monoisotopic (exact) mass is 441 g/mol. The Morgan fingerprint density at radius 3 is 2.93 bits per heavy atom. The molecule has 1 saturated heterocycles. The fraction of sp³-hybridized carbons (Fsp3) is 0.278. The second kappa shape index (κ2) is 9.36. The van der Waals surface area contributed by atoms with Crippen LogP contribution in [0.25, 0.3) is 11.4 Å². The Morgan fingerprint density at radius 1 is 1.31 bits per heavy atom. The number of ether oxygens (including phenoxy) is 2. The highest BCUT2D eigenvalue weighted by Crippen LogP contribution is 2.31. The van der Waals surface area contributed by atoms with E-state index in [1.165, 1.54) is 12.1 Å². The molecule has 1 aliphatic heterocycles. The van der Waals surface area contributed by atoms with Gasteiger partial charge in [-0.3, -0.25) is 4.98 Å². The van der Waals surface area contributed by atoms with Gasteiger partial charge in [-0.25, -0.2) is 19.3 Å². The van der Waals surface area contributed by atoms with E-state index in [4.69, 9.17) is 21.1 Å². The van der Waals surface area contributed by atoms with Crippen LogP contribution in [0.3, 0.4) is 0 Å². The minimum absolute atomic E-state index is 0. The summed E-state index contributed by atoms with van der Waals surface area (Å²) in [5.74, 6) is 0.0676. The Hall–Kier alpha value is -2.46. The molecule has 1 aromatic carbocycles. The minimum atomic E-state index is -0.533. The molecule has 0 aliphatic carbocycles. The lowest BCUT2D eigenvalue weighted by Gasteiger charge is -2.26. The molecule has 154 valence electrons. The first kappa shape index (κ1) is 21.3. The molecule has 8 nitrogen and oxygen atoms in total. The van der Waals surface area contributed by atoms with Gasteiger partial charge in [-0.15, -0.1) is 12.4 Å². The molecule has 0 saturated carbocycles. The summed E-state index contributed by atoms with van der Waals surface area (Å²) in [7, 11) is 0. The van der Waals surface area contributed by atoms with Crippen molar-refractivity contribution in [2.45, 2.75) is 12.2 Å². The summed E-state index contributed by atoms with van der Waals surface area (Å²) in [5, 5.41) is 9.52. The van der Waals surface area contributed by atoms with Crippen molar-refractivity contribution in [3.05, 3.63) is 63.4 Å². The van der Waals surface area contributed by atoms with E-state index in [1.807, 2.05) is 0 Å². The Kier molecular flexibility index (Phi) is 6.86. The van der Waals surface area contributed by atoms with E-state index in [9.17, 15) is 9.18 Å². The van der Waals surface area contributed by atoms with Crippen molar-refractivity contribution < 1.29 is 13.9 Å². The molecular formula is C18H18Cl2FN5O3. The first-order chi connectivity index (χ1) is 13.6. The summed E-state index contributed by atoms with van der Waals surface area (Å²) in [4.78, 5) is 18.3. The SMILES string of the molecule is Cl.O=c1[nH]nc(-c2cccnc2O[C@@H]2CNCCO[C@H]2c2ccc(Cl)c(F)c2)[nH]1. The van der Waals surface area contributed by atoms with Crippen LogP contribution in [0.2, 0.25) is 5.02 Å². The third-order valence-corrected chi connectivity index (χ3v) is 4.63. The Labute approximate surface area is 176 Å². The lowest BCUT2D eigenvalue weighted by Crippen LogP contribution is -2.34. The van der Waals surface area contributed by atoms with Gasteiger partial charge in [0.1, 0.15) is 18.0 Å². The van der Waals surface area contributed by atoms with E-state index >= 15 is 0 Å². The third kappa shape index (κ3) is 4.76. The third-order valence-electron chi connectivity index (χ3n) is 4.32. The van der Waals surface area contributed by atoms with Gasteiger partial charge in [-0.05, 0) is 29.8 Å². The van der Waals surface area contributed by atoms with Crippen LogP contribution in [0.1, 0.15) is 11.7 Å². The largest absolute Gasteiger partial charge is 0.469 e. The molecule has 2 aromatic heterocycles. The van der Waals surface area contributed by atoms with Gasteiger partial charge < -0.3 is 14.8 Å². The summed E-state index contributed by atoms with van der Waals surface area (Å²) in [6.45, 7) is 1.53. The van der Waals surface area contributed by atoms with Gasteiger partial charge in [0.25, 0.3) is 0 Å². The zero-order valence-corrected chi connectivity index (χ0v) is 16.6. The molecule has 3 N–H and O–H groups in total. The van der Waals surface area contributed by atoms with E-state index in [2.05, 4.69) is 25.5 Å². The number of hydrogen-bond acceptors (Lipinski definition) is 6. The number of aromatic amines is 2. The van der Waals surface area contributed by atoms with Gasteiger partial charge in [0.05, 0.1) is 17.2 Å². The van der Waals surface area contributed by atoms with Crippen LogP contribution < -0.4 is 15.7 Å². The van der Waals surface area contributed by atoms with Crippen LogP contribution in [0.15, 0.2) is 41.3 Å². The summed E-state index contributed by atoms with van der Waals surface area (Å²) in [5.41, 5.74) is 0.700. The van der Waals surface area contributed by atoms with Gasteiger partial charge in [0, 0.05) is 19.3 Å². The van der Waals surface area contributed by atoms with Crippen molar-refractivity contribution in [1.29, 1.82) is 0 Å². The lowest BCUT2D eigenvalue weighted by atomic mass is 10.0. The first-order valence-corrected chi connectivity index (χ1v) is 9.03. The van der Waals surface area contributed by atoms with Gasteiger partial charge in [0.15, 0.2) is 5.82 Å². The molecule has 11 heteroatoms. The maximum Gasteiger partial charge on any atom is 0.340 e. The van der Waals surface area contributed by atoms with Crippen LogP contribution in [0.5, 0.6) is 5.88 Å². The van der Waals surface area contributed by atoms with Crippen molar-refractivity contribution in [3.63, 3.8) is 0 Å². The molecule has 1 aliphatic rings. The van der Waals surface area contributed by atoms with Crippen molar-refractivity contribution in [2.75, 3.05) is 19.7 Å². The van der Waals surface area contributed by atoms with Crippen molar-refractivity contribution >= 4 is 24.0 Å². The molecule has 0 spiro atoms. The molecule has 4 rings (SSSR count). The van der Waals surface area contributed by atoms with Crippen LogP contribution in [-0.4, -0.2) is 46.0 Å². The van der Waals surface area contributed by atoms with Gasteiger partial charge in [0.2, 0.25) is 5.88 Å². The summed E-state index contributed by atoms with van der Waals surface area (Å²) >= 11 is 5.80. The Balaban J connectivity index is 0.00000240. The molecule has 29 heavy (non-hydrogen) atoms. The highest BCUT2D eigenvalue weighted by molar-refractivity contribution is 6.30. The van der Waals surface area contributed by atoms with Crippen LogP contribution in [-0.2, 0) is 4.74 Å². The van der Waals surface area contributed by atoms with Crippen molar-refractivity contribution in [1.82, 2.24) is 25.5 Å². The number of halogens is 3. The van der Waals surface area contributed by atoms with E-state index in [0.29, 0.717) is 36.6 Å². The van der Waals surface area contributed by atoms with Crippen LogP contribution in [0.4, 0.5) is 4.39 Å². The molecule has 3 heterocycles. The van der Waals surface area contributed by atoms with Crippen LogP contribution >= 0.6 is 24.0 Å². The predicted molar refractivity (Wildman–Crippen MR) is 107 cm³/mol. The quantitative estimate of drug-likeness (QED) is 0.574. The maximum atomic E-state index is 14.0. The number of nitrogens with one attached hydrogen (secondary N) is 3. The Morgan fingerprint density at radius 2 is 2.17 bits per heavy atom. The first-order valence-electron chi connectivity index (χ1n) is 8.66. The van der Waals surface area contributed by atoms with E-state index in [0.717, 1.165) is 0 Å². The van der Waals surface area contributed by atoms with E-state index in [-0.39, 0.29) is 23.3 Å². The zero-order valence-electron chi connectivity index (χ0n) is 15.0. The van der Waals surface area contributed by atoms with E-state index in [1.54, 1.807) is 24.4 Å². The van der Waals surface area contributed by atoms with Gasteiger partial charge in [-0.2, -0.15) is 5.10 Å². The predicted octanol–water partition coefficient (Wildman–Crippen LogP) is 2.48. The van der Waals surface area contributed by atoms with Crippen LogP contribution in [0, 0.1) is 5.82 Å². The lowest BCUT2D eigenvalue weighted by molar-refractivity contribution is -0.00995. The normalized spacial score (nSPS) is 19.2. The fourth-order valence-electron chi connectivity index (χ4n) is 3.03. The molecule has 0 bridgehead atoms. The topological polar surface area (TPSA) is 105 Å². The Bertz CT molecular complexity index is 1030. The molecular weight excluding hydrogens is 424 g/mol. The van der Waals surface area contributed by atoms with Crippen molar-refractivity contribution in [2.24, 2.45) is 0 Å². The second-order valence-corrected chi connectivity index (χ2v) is 6.62. The molecule has 1 fully saturated rings. The number of pyridine rings is 1. The number of hydrogen-bond donors (Lipinski definition) is 3. The molecule has 2 atom stereocenters. The summed E-state index contributed by atoms with van der Waals surface area (Å²) in [6.07, 6.45) is 0.545. The standard InChI is InChI=1S/C18H17ClFN5O3.ClH/c19-12-4-3-10(8-13(12)20)15-14(9-21-6-7-27-15)28-17-11(2-1-5-22-17)16-23-18(26)25-24-16;/h1-5,8,14-15,21H,6-7,9H2,(H2,23,24,25,26);1H/t14-,15+;/m1./s1. The second-order valence-electron chi connectivity index (χ2n) is 6.21. The molecule has 0 amide bonds. The summed E-state index contributed by atoms with van der Waals surface area (Å²) < 4.78 is 26.0. The number of benzene rings is 1. The highest BCUT2D eigenvalue weighted by Gasteiger charge is 2.30. The van der Waals surface area contributed by atoms with Gasteiger partial charge in [-0.1, -0.05) is 17.7 Å². The minimum Gasteiger partial charge on any atom is -0.469 e. The maximum absolute atomic E-state index is 14.0. The van der Waals surface area contributed by atoms with Crippen molar-refractivity contribution in [3.8, 4) is 17.3 Å². The summed E-state index contributed by atoms with van der Waals surface area (Å²) in [6, 6.07) is 7.99. The number of H-pyrrole nitrogens is 2. The number of rotatable bonds is 4. The number of nitrogens with zero attached hydrogens (tertiary/aromatic N) is 2. The average Bonchev–Trinajstić information content (AvgIpc) is 2.99. The molecule has 0 radical (unpaired) electrons. The fourth-order valence-corrected chi connectivity index (χ4v) is 3.14. The van der Waals surface area contributed by atoms with Gasteiger partial charge >= 0.3 is 5.69 Å². The highest BCUT2D eigenvalue weighted by atomic mass is 35.5. The molecule has 3 aromatic rings. The number of aromatic nitrogens is 4. The molecule has 0 unspecified atom stereocenters. The smallest absolute Gasteiger partial charge is 0.340 e. The van der Waals surface area contributed by atoms with E-state index < -0.39 is 23.7 Å². The average molecular weight is 442 g/mol.